The average Bonchev–Trinajstić information content (AvgIpc) is 2.85. The molecule has 1 heterocycles. The molecule has 0 spiro atoms. The number of sulfonamides is 1. The van der Waals surface area contributed by atoms with E-state index in [-0.39, 0.29) is 11.4 Å². The van der Waals surface area contributed by atoms with Gasteiger partial charge in [0, 0.05) is 11.1 Å². The Labute approximate surface area is 163 Å². The predicted molar refractivity (Wildman–Crippen MR) is 109 cm³/mol. The molecule has 1 aliphatic rings. The second-order valence-electron chi connectivity index (χ2n) is 7.33. The van der Waals surface area contributed by atoms with Gasteiger partial charge in [0.15, 0.2) is 0 Å². The van der Waals surface area contributed by atoms with Crippen LogP contribution in [0.5, 0.6) is 0 Å². The van der Waals surface area contributed by atoms with Crippen molar-refractivity contribution in [1.29, 1.82) is 0 Å². The number of carbonyl (C=O) groups is 1. The van der Waals surface area contributed by atoms with Crippen LogP contribution in [-0.4, -0.2) is 26.0 Å². The van der Waals surface area contributed by atoms with E-state index in [2.05, 4.69) is 5.32 Å². The molecule has 28 heavy (non-hydrogen) atoms. The van der Waals surface area contributed by atoms with Crippen LogP contribution < -0.4 is 9.62 Å². The van der Waals surface area contributed by atoms with Crippen molar-refractivity contribution >= 4 is 38.1 Å². The van der Waals surface area contributed by atoms with E-state index in [0.717, 1.165) is 9.69 Å². The summed E-state index contributed by atoms with van der Waals surface area (Å²) in [4.78, 5) is 12.8. The molecule has 0 bridgehead atoms. The summed E-state index contributed by atoms with van der Waals surface area (Å²) in [5, 5.41) is 14.3. The topological polar surface area (TPSA) is 86.7 Å². The molecule has 0 unspecified atom stereocenters. The molecule has 0 fully saturated rings. The number of aliphatic hydroxyl groups is 1. The lowest BCUT2D eigenvalue weighted by Gasteiger charge is -2.20. The van der Waals surface area contributed by atoms with E-state index in [1.54, 1.807) is 62.4 Å². The Morgan fingerprint density at radius 2 is 1.75 bits per heavy atom. The van der Waals surface area contributed by atoms with Gasteiger partial charge < -0.3 is 10.4 Å². The molecule has 7 heteroatoms. The van der Waals surface area contributed by atoms with Gasteiger partial charge in [-0.15, -0.1) is 0 Å². The molecule has 6 nitrogen and oxygen atoms in total. The maximum atomic E-state index is 13.0. The fourth-order valence-electron chi connectivity index (χ4n) is 3.44. The van der Waals surface area contributed by atoms with Gasteiger partial charge >= 0.3 is 0 Å². The van der Waals surface area contributed by atoms with Crippen LogP contribution >= 0.6 is 0 Å². The minimum atomic E-state index is -3.78. The van der Waals surface area contributed by atoms with Gasteiger partial charge in [0.1, 0.15) is 6.54 Å². The van der Waals surface area contributed by atoms with Crippen molar-refractivity contribution in [3.05, 3.63) is 66.2 Å². The van der Waals surface area contributed by atoms with Gasteiger partial charge in [-0.1, -0.05) is 36.4 Å². The predicted octanol–water partition coefficient (Wildman–Crippen LogP) is 3.21. The fraction of sp³-hybridized carbons (Fsp3) is 0.190. The zero-order chi connectivity index (χ0) is 20.1. The highest BCUT2D eigenvalue weighted by Gasteiger charge is 2.36. The molecule has 1 amide bonds. The van der Waals surface area contributed by atoms with E-state index in [9.17, 15) is 18.3 Å². The van der Waals surface area contributed by atoms with Crippen LogP contribution in [0.4, 0.5) is 11.4 Å². The van der Waals surface area contributed by atoms with Crippen molar-refractivity contribution in [2.75, 3.05) is 16.2 Å². The summed E-state index contributed by atoms with van der Waals surface area (Å²) in [6.45, 7) is 2.98. The third-order valence-corrected chi connectivity index (χ3v) is 6.62. The lowest BCUT2D eigenvalue weighted by atomic mass is 9.98. The molecule has 0 atom stereocenters. The molecule has 0 saturated carbocycles. The highest BCUT2D eigenvalue weighted by molar-refractivity contribution is 7.93. The van der Waals surface area contributed by atoms with Crippen molar-refractivity contribution in [2.45, 2.75) is 24.3 Å². The molecule has 0 aromatic heterocycles. The Morgan fingerprint density at radius 3 is 2.46 bits per heavy atom. The van der Waals surface area contributed by atoms with Crippen molar-refractivity contribution in [3.63, 3.8) is 0 Å². The van der Waals surface area contributed by atoms with Crippen molar-refractivity contribution in [3.8, 4) is 0 Å². The minimum Gasteiger partial charge on any atom is -0.386 e. The highest BCUT2D eigenvalue weighted by Crippen LogP contribution is 2.41. The van der Waals surface area contributed by atoms with Gasteiger partial charge in [-0.05, 0) is 49.1 Å². The van der Waals surface area contributed by atoms with Gasteiger partial charge in [0.25, 0.3) is 10.0 Å². The molecule has 3 aromatic rings. The summed E-state index contributed by atoms with van der Waals surface area (Å²) in [7, 11) is -3.78. The maximum Gasteiger partial charge on any atom is 0.265 e. The summed E-state index contributed by atoms with van der Waals surface area (Å²) in [6.07, 6.45) is 0. The number of nitrogens with zero attached hydrogens (tertiary/aromatic N) is 1. The lowest BCUT2D eigenvalue weighted by Crippen LogP contribution is -2.35. The third-order valence-electron chi connectivity index (χ3n) is 4.82. The second-order valence-corrected chi connectivity index (χ2v) is 9.16. The molecule has 0 radical (unpaired) electrons. The molecule has 0 saturated heterocycles. The molecule has 0 aliphatic carbocycles. The normalized spacial score (nSPS) is 15.0. The van der Waals surface area contributed by atoms with Crippen LogP contribution in [0.15, 0.2) is 65.6 Å². The Kier molecular flexibility index (Phi) is 4.17. The quantitative estimate of drug-likeness (QED) is 0.709. The first kappa shape index (κ1) is 18.5. The molecule has 1 aliphatic heterocycles. The van der Waals surface area contributed by atoms with Crippen molar-refractivity contribution in [1.82, 2.24) is 0 Å². The first-order chi connectivity index (χ1) is 13.2. The Hall–Kier alpha value is -2.90. The summed E-state index contributed by atoms with van der Waals surface area (Å²) in [6, 6.07) is 17.3. The number of anilines is 2. The van der Waals surface area contributed by atoms with Crippen LogP contribution in [0.1, 0.15) is 19.4 Å². The number of carbonyl (C=O) groups excluding carboxylic acids is 1. The lowest BCUT2D eigenvalue weighted by molar-refractivity contribution is -0.114. The van der Waals surface area contributed by atoms with Gasteiger partial charge in [-0.25, -0.2) is 8.42 Å². The first-order valence-corrected chi connectivity index (χ1v) is 10.3. The van der Waals surface area contributed by atoms with E-state index in [1.807, 2.05) is 12.1 Å². The van der Waals surface area contributed by atoms with E-state index in [1.165, 1.54) is 0 Å². The van der Waals surface area contributed by atoms with E-state index >= 15 is 0 Å². The Morgan fingerprint density at radius 1 is 1.07 bits per heavy atom. The molecular formula is C21H20N2O4S. The fourth-order valence-corrected chi connectivity index (χ4v) is 5.10. The van der Waals surface area contributed by atoms with Gasteiger partial charge in [-0.3, -0.25) is 9.10 Å². The average molecular weight is 396 g/mol. The number of rotatable bonds is 4. The van der Waals surface area contributed by atoms with Crippen molar-refractivity contribution in [2.24, 2.45) is 0 Å². The van der Waals surface area contributed by atoms with Crippen molar-refractivity contribution < 1.29 is 18.3 Å². The highest BCUT2D eigenvalue weighted by atomic mass is 32.2. The number of hydrogen-bond donors (Lipinski definition) is 2. The van der Waals surface area contributed by atoms with E-state index in [0.29, 0.717) is 22.3 Å². The van der Waals surface area contributed by atoms with E-state index in [4.69, 9.17) is 0 Å². The standard InChI is InChI=1S/C21H20N2O4S/c1-21(2,25)15-8-5-9-16(12-15)22-19(24)13-23-17-10-3-6-14-7-4-11-18(20(14)17)28(23,26)27/h3-12,25H,13H2,1-2H3,(H,22,24). The smallest absolute Gasteiger partial charge is 0.265 e. The van der Waals surface area contributed by atoms with Crippen LogP contribution in [-0.2, 0) is 20.4 Å². The molecular weight excluding hydrogens is 376 g/mol. The minimum absolute atomic E-state index is 0.220. The summed E-state index contributed by atoms with van der Waals surface area (Å²) >= 11 is 0. The Bertz CT molecular complexity index is 1190. The second kappa shape index (κ2) is 6.32. The molecule has 4 rings (SSSR count). The number of hydrogen-bond acceptors (Lipinski definition) is 4. The number of amides is 1. The molecule has 2 N–H and O–H groups in total. The van der Waals surface area contributed by atoms with Crippen LogP contribution in [0.3, 0.4) is 0 Å². The largest absolute Gasteiger partial charge is 0.386 e. The molecule has 144 valence electrons. The van der Waals surface area contributed by atoms with Gasteiger partial charge in [0.2, 0.25) is 5.91 Å². The van der Waals surface area contributed by atoms with Gasteiger partial charge in [-0.2, -0.15) is 0 Å². The van der Waals surface area contributed by atoms with Crippen LogP contribution in [0, 0.1) is 0 Å². The summed E-state index contributed by atoms with van der Waals surface area (Å²) in [5.74, 6) is -0.457. The third kappa shape index (κ3) is 3.02. The molecule has 3 aromatic carbocycles. The zero-order valence-electron chi connectivity index (χ0n) is 15.5. The maximum absolute atomic E-state index is 13.0. The van der Waals surface area contributed by atoms with Crippen LogP contribution in [0.25, 0.3) is 10.8 Å². The first-order valence-electron chi connectivity index (χ1n) is 8.85. The Balaban J connectivity index is 1.62. The zero-order valence-corrected chi connectivity index (χ0v) is 16.3. The summed E-state index contributed by atoms with van der Waals surface area (Å²) < 4.78 is 27.0. The van der Waals surface area contributed by atoms with E-state index < -0.39 is 21.5 Å². The van der Waals surface area contributed by atoms with Gasteiger partial charge in [0.05, 0.1) is 16.2 Å². The van der Waals surface area contributed by atoms with Crippen LogP contribution in [0.2, 0.25) is 0 Å². The summed E-state index contributed by atoms with van der Waals surface area (Å²) in [5.41, 5.74) is 0.609. The SMILES string of the molecule is CC(C)(O)c1cccc(NC(=O)CN2c3cccc4cccc(c34)S2(=O)=O)c1. The number of nitrogens with one attached hydrogen (secondary N) is 1. The number of benzene rings is 3. The monoisotopic (exact) mass is 396 g/mol.